The van der Waals surface area contributed by atoms with Gasteiger partial charge in [-0.05, 0) is 12.5 Å². The molecule has 3 rings (SSSR count). The van der Waals surface area contributed by atoms with Crippen LogP contribution in [0.2, 0.25) is 5.02 Å². The Morgan fingerprint density at radius 1 is 1.33 bits per heavy atom. The summed E-state index contributed by atoms with van der Waals surface area (Å²) in [5.74, 6) is 0.757. The Morgan fingerprint density at radius 3 is 2.83 bits per heavy atom. The predicted octanol–water partition coefficient (Wildman–Crippen LogP) is 2.32. The summed E-state index contributed by atoms with van der Waals surface area (Å²) in [7, 11) is 0. The third-order valence-electron chi connectivity index (χ3n) is 3.43. The Hall–Kier alpha value is -2.67. The molecular formula is C16H16ClN5O2. The van der Waals surface area contributed by atoms with Crippen LogP contribution < -0.4 is 5.32 Å². The molecule has 0 saturated heterocycles. The van der Waals surface area contributed by atoms with Crippen LogP contribution in [0, 0.1) is 6.92 Å². The molecular weight excluding hydrogens is 330 g/mol. The van der Waals surface area contributed by atoms with Gasteiger partial charge in [0.1, 0.15) is 0 Å². The van der Waals surface area contributed by atoms with Crippen LogP contribution in [-0.4, -0.2) is 32.8 Å². The highest BCUT2D eigenvalue weighted by Crippen LogP contribution is 2.16. The van der Waals surface area contributed by atoms with Crippen LogP contribution in [0.5, 0.6) is 0 Å². The van der Waals surface area contributed by atoms with E-state index >= 15 is 0 Å². The molecule has 0 radical (unpaired) electrons. The van der Waals surface area contributed by atoms with E-state index in [-0.39, 0.29) is 11.6 Å². The van der Waals surface area contributed by atoms with Gasteiger partial charge >= 0.3 is 0 Å². The van der Waals surface area contributed by atoms with Gasteiger partial charge in [-0.15, -0.1) is 0 Å². The Kier molecular flexibility index (Phi) is 4.90. The average Bonchev–Trinajstić information content (AvgIpc) is 3.16. The molecule has 8 heteroatoms. The van der Waals surface area contributed by atoms with Crippen molar-refractivity contribution < 1.29 is 9.32 Å². The molecule has 0 aliphatic rings. The van der Waals surface area contributed by atoms with Gasteiger partial charge in [0.25, 0.3) is 5.91 Å². The maximum absolute atomic E-state index is 12.0. The third kappa shape index (κ3) is 3.80. The van der Waals surface area contributed by atoms with Crippen LogP contribution in [0.25, 0.3) is 0 Å². The Bertz CT molecular complexity index is 828. The Labute approximate surface area is 143 Å². The summed E-state index contributed by atoms with van der Waals surface area (Å²) in [6.07, 6.45) is 1.05. The Morgan fingerprint density at radius 2 is 2.12 bits per heavy atom. The van der Waals surface area contributed by atoms with Gasteiger partial charge in [0, 0.05) is 19.4 Å². The summed E-state index contributed by atoms with van der Waals surface area (Å²) in [6, 6.07) is 9.90. The zero-order valence-corrected chi connectivity index (χ0v) is 13.8. The van der Waals surface area contributed by atoms with Crippen molar-refractivity contribution in [1.82, 2.24) is 25.7 Å². The monoisotopic (exact) mass is 345 g/mol. The Balaban J connectivity index is 1.51. The number of benzene rings is 1. The highest BCUT2D eigenvalue weighted by Gasteiger charge is 2.16. The van der Waals surface area contributed by atoms with E-state index < -0.39 is 0 Å². The first-order chi connectivity index (χ1) is 11.6. The molecule has 7 nitrogen and oxygen atoms in total. The lowest BCUT2D eigenvalue weighted by molar-refractivity contribution is 0.0948. The fourth-order valence-corrected chi connectivity index (χ4v) is 2.34. The molecule has 0 aliphatic heterocycles. The van der Waals surface area contributed by atoms with E-state index in [2.05, 4.69) is 25.7 Å². The number of nitrogens with zero attached hydrogens (tertiary/aromatic N) is 3. The minimum atomic E-state index is -0.339. The van der Waals surface area contributed by atoms with Crippen molar-refractivity contribution in [2.45, 2.75) is 19.8 Å². The van der Waals surface area contributed by atoms with Gasteiger partial charge in [-0.3, -0.25) is 9.89 Å². The zero-order valence-electron chi connectivity index (χ0n) is 13.0. The summed E-state index contributed by atoms with van der Waals surface area (Å²) < 4.78 is 5.19. The van der Waals surface area contributed by atoms with Gasteiger partial charge in [0.05, 0.1) is 10.7 Å². The van der Waals surface area contributed by atoms with E-state index in [4.69, 9.17) is 16.1 Å². The lowest BCUT2D eigenvalue weighted by Crippen LogP contribution is -2.26. The van der Waals surface area contributed by atoms with Gasteiger partial charge in [-0.2, -0.15) is 10.1 Å². The van der Waals surface area contributed by atoms with Crippen molar-refractivity contribution in [2.24, 2.45) is 0 Å². The molecule has 1 aromatic carbocycles. The number of amides is 1. The number of carbonyl (C=O) groups is 1. The minimum Gasteiger partial charge on any atom is -0.350 e. The molecule has 2 heterocycles. The zero-order chi connectivity index (χ0) is 16.9. The standard InChI is InChI=1S/C16H16ClN5O2/c1-10-14(17)15(21-20-10)16(23)18-8-7-13-19-12(22-24-13)9-11-5-3-2-4-6-11/h2-6H,7-9H2,1H3,(H,18,23)(H,20,21). The van der Waals surface area contributed by atoms with E-state index in [0.717, 1.165) is 5.56 Å². The fourth-order valence-electron chi connectivity index (χ4n) is 2.17. The minimum absolute atomic E-state index is 0.185. The number of rotatable bonds is 6. The molecule has 1 amide bonds. The van der Waals surface area contributed by atoms with E-state index in [1.807, 2.05) is 30.3 Å². The molecule has 24 heavy (non-hydrogen) atoms. The van der Waals surface area contributed by atoms with E-state index in [1.54, 1.807) is 6.92 Å². The normalized spacial score (nSPS) is 10.8. The van der Waals surface area contributed by atoms with Crippen molar-refractivity contribution in [2.75, 3.05) is 6.54 Å². The molecule has 0 spiro atoms. The number of aromatic amines is 1. The maximum Gasteiger partial charge on any atom is 0.273 e. The maximum atomic E-state index is 12.0. The summed E-state index contributed by atoms with van der Waals surface area (Å²) in [6.45, 7) is 2.10. The number of halogens is 1. The molecule has 0 atom stereocenters. The van der Waals surface area contributed by atoms with Gasteiger partial charge in [-0.25, -0.2) is 0 Å². The van der Waals surface area contributed by atoms with Gasteiger partial charge in [0.15, 0.2) is 11.5 Å². The number of hydrogen-bond acceptors (Lipinski definition) is 5. The number of aromatic nitrogens is 4. The number of nitrogens with one attached hydrogen (secondary N) is 2. The lowest BCUT2D eigenvalue weighted by Gasteiger charge is -2.00. The first kappa shape index (κ1) is 16.2. The highest BCUT2D eigenvalue weighted by atomic mass is 35.5. The summed E-state index contributed by atoms with van der Waals surface area (Å²) in [5, 5.41) is 13.5. The van der Waals surface area contributed by atoms with Crippen LogP contribution in [0.4, 0.5) is 0 Å². The molecule has 124 valence electrons. The third-order valence-corrected chi connectivity index (χ3v) is 3.89. The van der Waals surface area contributed by atoms with Gasteiger partial charge < -0.3 is 9.84 Å². The SMILES string of the molecule is Cc1[nH]nc(C(=O)NCCc2nc(Cc3ccccc3)no2)c1Cl. The second-order valence-electron chi connectivity index (χ2n) is 5.28. The van der Waals surface area contributed by atoms with E-state index in [1.165, 1.54) is 0 Å². The van der Waals surface area contributed by atoms with Crippen molar-refractivity contribution in [3.8, 4) is 0 Å². The fraction of sp³-hybridized carbons (Fsp3) is 0.250. The largest absolute Gasteiger partial charge is 0.350 e. The average molecular weight is 346 g/mol. The molecule has 2 N–H and O–H groups in total. The second-order valence-corrected chi connectivity index (χ2v) is 5.66. The predicted molar refractivity (Wildman–Crippen MR) is 87.9 cm³/mol. The number of hydrogen-bond donors (Lipinski definition) is 2. The first-order valence-corrected chi connectivity index (χ1v) is 7.85. The lowest BCUT2D eigenvalue weighted by atomic mass is 10.1. The van der Waals surface area contributed by atoms with Crippen LogP contribution in [0.1, 0.15) is 33.5 Å². The first-order valence-electron chi connectivity index (χ1n) is 7.47. The van der Waals surface area contributed by atoms with Crippen molar-refractivity contribution >= 4 is 17.5 Å². The summed E-state index contributed by atoms with van der Waals surface area (Å²) >= 11 is 5.98. The van der Waals surface area contributed by atoms with Crippen LogP contribution in [0.3, 0.4) is 0 Å². The molecule has 2 aromatic heterocycles. The van der Waals surface area contributed by atoms with Gasteiger partial charge in [0.2, 0.25) is 5.89 Å². The van der Waals surface area contributed by atoms with Crippen molar-refractivity contribution in [1.29, 1.82) is 0 Å². The molecule has 0 unspecified atom stereocenters. The van der Waals surface area contributed by atoms with Crippen LogP contribution in [-0.2, 0) is 12.8 Å². The quantitative estimate of drug-likeness (QED) is 0.714. The molecule has 0 aliphatic carbocycles. The smallest absolute Gasteiger partial charge is 0.273 e. The number of carbonyl (C=O) groups excluding carboxylic acids is 1. The molecule has 3 aromatic rings. The van der Waals surface area contributed by atoms with Crippen LogP contribution in [0.15, 0.2) is 34.9 Å². The van der Waals surface area contributed by atoms with Gasteiger partial charge in [-0.1, -0.05) is 47.1 Å². The molecule has 0 saturated carbocycles. The van der Waals surface area contributed by atoms with E-state index in [9.17, 15) is 4.79 Å². The van der Waals surface area contributed by atoms with E-state index in [0.29, 0.717) is 41.8 Å². The topological polar surface area (TPSA) is 96.7 Å². The van der Waals surface area contributed by atoms with Crippen molar-refractivity contribution in [3.63, 3.8) is 0 Å². The molecule has 0 bridgehead atoms. The molecule has 0 fully saturated rings. The van der Waals surface area contributed by atoms with Crippen molar-refractivity contribution in [3.05, 3.63) is 64.0 Å². The number of H-pyrrole nitrogens is 1. The number of aryl methyl sites for hydroxylation is 1. The second kappa shape index (κ2) is 7.27. The van der Waals surface area contributed by atoms with Crippen LogP contribution >= 0.6 is 11.6 Å². The summed E-state index contributed by atoms with van der Waals surface area (Å²) in [5.41, 5.74) is 1.95. The summed E-state index contributed by atoms with van der Waals surface area (Å²) in [4.78, 5) is 16.3. The highest BCUT2D eigenvalue weighted by molar-refractivity contribution is 6.34.